The van der Waals surface area contributed by atoms with Gasteiger partial charge < -0.3 is 5.11 Å². The summed E-state index contributed by atoms with van der Waals surface area (Å²) < 4.78 is 28.2. The van der Waals surface area contributed by atoms with Gasteiger partial charge in [0.05, 0.1) is 16.1 Å². The van der Waals surface area contributed by atoms with Crippen LogP contribution in [0.3, 0.4) is 0 Å². The average Bonchev–Trinajstić information content (AvgIpc) is 2.74. The molecule has 2 aromatic rings. The van der Waals surface area contributed by atoms with Gasteiger partial charge in [-0.25, -0.2) is 8.42 Å². The highest BCUT2D eigenvalue weighted by Gasteiger charge is 2.21. The van der Waals surface area contributed by atoms with E-state index < -0.39 is 10.0 Å². The topological polar surface area (TPSA) is 66.4 Å². The van der Waals surface area contributed by atoms with Crippen LogP contribution < -0.4 is 4.72 Å². The van der Waals surface area contributed by atoms with E-state index in [0.29, 0.717) is 18.8 Å². The summed E-state index contributed by atoms with van der Waals surface area (Å²) in [4.78, 5) is 0.705. The van der Waals surface area contributed by atoms with Gasteiger partial charge in [-0.15, -0.1) is 11.3 Å². The highest BCUT2D eigenvalue weighted by atomic mass is 79.9. The average molecular weight is 427 g/mol. The summed E-state index contributed by atoms with van der Waals surface area (Å²) in [5.74, 6) is 0. The fraction of sp³-hybridized carbons (Fsp3) is 0.0909. The van der Waals surface area contributed by atoms with E-state index in [1.165, 1.54) is 17.4 Å². The molecule has 0 atom stereocenters. The summed E-state index contributed by atoms with van der Waals surface area (Å²) in [6, 6.07) is 8.40. The van der Waals surface area contributed by atoms with Crippen LogP contribution in [0.15, 0.2) is 43.5 Å². The van der Waals surface area contributed by atoms with Gasteiger partial charge in [0.15, 0.2) is 0 Å². The minimum absolute atomic E-state index is 0.123. The lowest BCUT2D eigenvalue weighted by molar-refractivity contribution is 0.285. The van der Waals surface area contributed by atoms with E-state index in [0.717, 1.165) is 0 Å². The maximum atomic E-state index is 12.3. The van der Waals surface area contributed by atoms with Crippen LogP contribution in [0.25, 0.3) is 0 Å². The van der Waals surface area contributed by atoms with Crippen molar-refractivity contribution in [2.45, 2.75) is 11.5 Å². The molecule has 0 aliphatic carbocycles. The number of hydrogen-bond donors (Lipinski definition) is 2. The number of aliphatic hydroxyl groups excluding tert-OH is 1. The van der Waals surface area contributed by atoms with Crippen molar-refractivity contribution >= 4 is 58.9 Å². The summed E-state index contributed by atoms with van der Waals surface area (Å²) >= 11 is 7.68. The Morgan fingerprint density at radius 3 is 2.53 bits per heavy atom. The van der Waals surface area contributed by atoms with Gasteiger partial charge in [0.1, 0.15) is 4.90 Å². The third-order valence-corrected chi connectivity index (χ3v) is 6.56. The first kappa shape index (κ1) is 15.0. The molecule has 0 aliphatic rings. The van der Waals surface area contributed by atoms with Crippen molar-refractivity contribution in [2.75, 3.05) is 4.72 Å². The Morgan fingerprint density at radius 1 is 1.26 bits per heavy atom. The van der Waals surface area contributed by atoms with E-state index >= 15 is 0 Å². The van der Waals surface area contributed by atoms with Gasteiger partial charge in [-0.2, -0.15) is 0 Å². The molecule has 0 saturated heterocycles. The predicted octanol–water partition coefficient (Wildman–Crippen LogP) is 3.57. The number of rotatable bonds is 4. The molecule has 0 unspecified atom stereocenters. The molecular formula is C11H9Br2NO3S2. The zero-order chi connectivity index (χ0) is 14.0. The fourth-order valence-electron chi connectivity index (χ4n) is 1.40. The maximum absolute atomic E-state index is 12.3. The summed E-state index contributed by atoms with van der Waals surface area (Å²) in [6.45, 7) is -0.187. The molecular weight excluding hydrogens is 418 g/mol. The molecule has 1 aromatic heterocycles. The van der Waals surface area contributed by atoms with Crippen LogP contribution in [0.1, 0.15) is 4.88 Å². The molecule has 0 aliphatic heterocycles. The maximum Gasteiger partial charge on any atom is 0.263 e. The lowest BCUT2D eigenvalue weighted by Crippen LogP contribution is -2.12. The smallest absolute Gasteiger partial charge is 0.263 e. The van der Waals surface area contributed by atoms with E-state index in [-0.39, 0.29) is 11.5 Å². The van der Waals surface area contributed by atoms with Gasteiger partial charge in [0.25, 0.3) is 10.0 Å². The van der Waals surface area contributed by atoms with Crippen molar-refractivity contribution in [1.82, 2.24) is 0 Å². The standard InChI is InChI=1S/C11H9Br2NO3S2/c12-8-3-1-2-4-9(8)14-19(16,17)10-5-7(6-15)18-11(10)13/h1-5,14-15H,6H2. The fourth-order valence-corrected chi connectivity index (χ4v) is 5.54. The molecule has 2 rings (SSSR count). The second-order valence-electron chi connectivity index (χ2n) is 3.59. The summed E-state index contributed by atoms with van der Waals surface area (Å²) in [5.41, 5.74) is 0.464. The first-order valence-electron chi connectivity index (χ1n) is 5.10. The zero-order valence-electron chi connectivity index (χ0n) is 9.43. The number of thiophene rings is 1. The molecule has 4 nitrogen and oxygen atoms in total. The van der Waals surface area contributed by atoms with Crippen molar-refractivity contribution < 1.29 is 13.5 Å². The molecule has 8 heteroatoms. The van der Waals surface area contributed by atoms with Gasteiger partial charge >= 0.3 is 0 Å². The minimum Gasteiger partial charge on any atom is -0.391 e. The van der Waals surface area contributed by atoms with Crippen molar-refractivity contribution in [3.63, 3.8) is 0 Å². The monoisotopic (exact) mass is 425 g/mol. The van der Waals surface area contributed by atoms with Gasteiger partial charge in [-0.1, -0.05) is 12.1 Å². The van der Waals surface area contributed by atoms with Crippen LogP contribution in [0.2, 0.25) is 0 Å². The number of halogens is 2. The number of benzene rings is 1. The van der Waals surface area contributed by atoms with Crippen molar-refractivity contribution in [1.29, 1.82) is 0 Å². The number of para-hydroxylation sites is 1. The number of anilines is 1. The number of aliphatic hydroxyl groups is 1. The Bertz CT molecular complexity index is 698. The molecule has 0 fully saturated rings. The van der Waals surface area contributed by atoms with Crippen LogP contribution in [-0.4, -0.2) is 13.5 Å². The predicted molar refractivity (Wildman–Crippen MR) is 82.9 cm³/mol. The number of sulfonamides is 1. The molecule has 0 radical (unpaired) electrons. The highest BCUT2D eigenvalue weighted by molar-refractivity contribution is 9.11. The first-order valence-corrected chi connectivity index (χ1v) is 8.99. The van der Waals surface area contributed by atoms with Gasteiger partial charge in [0, 0.05) is 9.35 Å². The molecule has 1 heterocycles. The number of hydrogen-bond acceptors (Lipinski definition) is 4. The van der Waals surface area contributed by atoms with Crippen LogP contribution in [0.4, 0.5) is 5.69 Å². The molecule has 0 spiro atoms. The Kier molecular flexibility index (Phi) is 4.67. The number of nitrogens with one attached hydrogen (secondary N) is 1. The Hall–Kier alpha value is -0.410. The SMILES string of the molecule is O=S(=O)(Nc1ccccc1Br)c1cc(CO)sc1Br. The molecule has 1 aromatic carbocycles. The van der Waals surface area contributed by atoms with Gasteiger partial charge in [-0.3, -0.25) is 4.72 Å². The molecule has 0 bridgehead atoms. The lowest BCUT2D eigenvalue weighted by Gasteiger charge is -2.08. The molecule has 102 valence electrons. The lowest BCUT2D eigenvalue weighted by atomic mass is 10.3. The second kappa shape index (κ2) is 5.92. The third kappa shape index (κ3) is 3.38. The Balaban J connectivity index is 2.38. The van der Waals surface area contributed by atoms with Crippen molar-refractivity contribution in [3.8, 4) is 0 Å². The van der Waals surface area contributed by atoms with E-state index in [2.05, 4.69) is 36.6 Å². The van der Waals surface area contributed by atoms with Crippen LogP contribution in [-0.2, 0) is 16.6 Å². The van der Waals surface area contributed by atoms with Gasteiger partial charge in [-0.05, 0) is 50.1 Å². The molecule has 0 amide bonds. The molecule has 19 heavy (non-hydrogen) atoms. The third-order valence-electron chi connectivity index (χ3n) is 2.27. The highest BCUT2D eigenvalue weighted by Crippen LogP contribution is 2.33. The van der Waals surface area contributed by atoms with E-state index in [4.69, 9.17) is 5.11 Å². The Labute approximate surface area is 131 Å². The summed E-state index contributed by atoms with van der Waals surface area (Å²) in [6.07, 6.45) is 0. The van der Waals surface area contributed by atoms with E-state index in [9.17, 15) is 8.42 Å². The first-order chi connectivity index (χ1) is 8.94. The van der Waals surface area contributed by atoms with Gasteiger partial charge in [0.2, 0.25) is 0 Å². The molecule has 0 saturated carbocycles. The van der Waals surface area contributed by atoms with Crippen LogP contribution in [0, 0.1) is 0 Å². The second-order valence-corrected chi connectivity index (χ2v) is 8.55. The van der Waals surface area contributed by atoms with E-state index in [1.54, 1.807) is 24.3 Å². The normalized spacial score (nSPS) is 11.5. The van der Waals surface area contributed by atoms with Crippen LogP contribution >= 0.6 is 43.2 Å². The van der Waals surface area contributed by atoms with Crippen LogP contribution in [0.5, 0.6) is 0 Å². The molecule has 2 N–H and O–H groups in total. The quantitative estimate of drug-likeness (QED) is 0.785. The summed E-state index contributed by atoms with van der Waals surface area (Å²) in [5, 5.41) is 9.04. The van der Waals surface area contributed by atoms with E-state index in [1.807, 2.05) is 0 Å². The minimum atomic E-state index is -3.68. The summed E-state index contributed by atoms with van der Waals surface area (Å²) in [7, 11) is -3.68. The largest absolute Gasteiger partial charge is 0.391 e. The van der Waals surface area contributed by atoms with Crippen molar-refractivity contribution in [3.05, 3.63) is 43.5 Å². The van der Waals surface area contributed by atoms with Crippen molar-refractivity contribution in [2.24, 2.45) is 0 Å². The zero-order valence-corrected chi connectivity index (χ0v) is 14.2. The Morgan fingerprint density at radius 2 is 1.95 bits per heavy atom.